The first kappa shape index (κ1) is 25.0. The maximum absolute atomic E-state index is 13.2. The third-order valence-corrected chi connectivity index (χ3v) is 5.43. The van der Waals surface area contributed by atoms with E-state index in [1.165, 1.54) is 0 Å². The van der Waals surface area contributed by atoms with Gasteiger partial charge in [-0.1, -0.05) is 30.7 Å². The van der Waals surface area contributed by atoms with Crippen molar-refractivity contribution in [2.75, 3.05) is 13.7 Å². The van der Waals surface area contributed by atoms with Crippen molar-refractivity contribution < 1.29 is 19.1 Å². The average molecular weight is 512 g/mol. The first-order chi connectivity index (χ1) is 14.7. The second kappa shape index (κ2) is 12.0. The zero-order valence-corrected chi connectivity index (χ0v) is 20.5. The molecule has 6 nitrogen and oxygen atoms in total. The number of carbonyl (C=O) groups excluding carboxylic acids is 2. The summed E-state index contributed by atoms with van der Waals surface area (Å²) in [5, 5.41) is 3.46. The van der Waals surface area contributed by atoms with E-state index in [4.69, 9.17) is 21.1 Å². The molecule has 0 aliphatic rings. The van der Waals surface area contributed by atoms with E-state index in [-0.39, 0.29) is 31.0 Å². The molecule has 8 heteroatoms. The smallest absolute Gasteiger partial charge is 0.261 e. The summed E-state index contributed by atoms with van der Waals surface area (Å²) < 4.78 is 11.6. The summed E-state index contributed by atoms with van der Waals surface area (Å²) in [7, 11) is 1.60. The lowest BCUT2D eigenvalue weighted by molar-refractivity contribution is -0.143. The molecule has 0 spiro atoms. The van der Waals surface area contributed by atoms with Gasteiger partial charge in [0, 0.05) is 17.6 Å². The Morgan fingerprint density at radius 1 is 1.16 bits per heavy atom. The van der Waals surface area contributed by atoms with Crippen molar-refractivity contribution in [3.05, 3.63) is 57.5 Å². The summed E-state index contributed by atoms with van der Waals surface area (Å²) in [5.74, 6) is 0.749. The molecule has 1 unspecified atom stereocenters. The quantitative estimate of drug-likeness (QED) is 0.496. The number of ether oxygens (including phenoxy) is 2. The van der Waals surface area contributed by atoms with Crippen LogP contribution in [0.5, 0.6) is 11.5 Å². The molecule has 0 aromatic heterocycles. The SMILES string of the molecule is CCC(C(=O)NC(C)C)N(Cc1ccc(OC)cc1)C(=O)COc1ccc(Cl)cc1Br. The van der Waals surface area contributed by atoms with E-state index < -0.39 is 6.04 Å². The van der Waals surface area contributed by atoms with Crippen molar-refractivity contribution in [3.8, 4) is 11.5 Å². The monoisotopic (exact) mass is 510 g/mol. The van der Waals surface area contributed by atoms with Gasteiger partial charge in [-0.15, -0.1) is 0 Å². The molecule has 0 saturated heterocycles. The molecular formula is C23H28BrClN2O4. The minimum Gasteiger partial charge on any atom is -0.497 e. The molecule has 2 aromatic carbocycles. The lowest BCUT2D eigenvalue weighted by Gasteiger charge is -2.31. The molecule has 2 aromatic rings. The van der Waals surface area contributed by atoms with Crippen LogP contribution in [0, 0.1) is 0 Å². The van der Waals surface area contributed by atoms with Crippen LogP contribution in [-0.2, 0) is 16.1 Å². The van der Waals surface area contributed by atoms with Gasteiger partial charge in [-0.3, -0.25) is 9.59 Å². The van der Waals surface area contributed by atoms with E-state index in [0.717, 1.165) is 11.3 Å². The Bertz CT molecular complexity index is 890. The number of rotatable bonds is 10. The summed E-state index contributed by atoms with van der Waals surface area (Å²) in [6.07, 6.45) is 0.477. The minimum absolute atomic E-state index is 0.0271. The predicted molar refractivity (Wildman–Crippen MR) is 126 cm³/mol. The molecule has 0 radical (unpaired) electrons. The number of halogens is 2. The zero-order chi connectivity index (χ0) is 23.0. The predicted octanol–water partition coefficient (Wildman–Crippen LogP) is 4.82. The number of amides is 2. The second-order valence-electron chi connectivity index (χ2n) is 7.32. The molecule has 1 atom stereocenters. The third kappa shape index (κ3) is 7.43. The molecule has 2 amide bonds. The van der Waals surface area contributed by atoms with E-state index in [1.54, 1.807) is 30.2 Å². The van der Waals surface area contributed by atoms with E-state index >= 15 is 0 Å². The van der Waals surface area contributed by atoms with Gasteiger partial charge in [-0.25, -0.2) is 0 Å². The molecule has 2 rings (SSSR count). The number of hydrogen-bond acceptors (Lipinski definition) is 4. The number of carbonyl (C=O) groups is 2. The molecule has 0 fully saturated rings. The molecular weight excluding hydrogens is 484 g/mol. The Labute approximate surface area is 197 Å². The largest absolute Gasteiger partial charge is 0.497 e. The van der Waals surface area contributed by atoms with Crippen LogP contribution in [0.15, 0.2) is 46.9 Å². The van der Waals surface area contributed by atoms with Gasteiger partial charge in [0.05, 0.1) is 11.6 Å². The highest BCUT2D eigenvalue weighted by Gasteiger charge is 2.29. The van der Waals surface area contributed by atoms with Crippen LogP contribution in [0.1, 0.15) is 32.8 Å². The lowest BCUT2D eigenvalue weighted by Crippen LogP contribution is -2.51. The molecule has 0 aliphatic carbocycles. The first-order valence-electron chi connectivity index (χ1n) is 10.1. The molecule has 0 saturated carbocycles. The number of nitrogens with zero attached hydrogens (tertiary/aromatic N) is 1. The molecule has 0 bridgehead atoms. The van der Waals surface area contributed by atoms with Crippen LogP contribution < -0.4 is 14.8 Å². The van der Waals surface area contributed by atoms with Gasteiger partial charge in [0.1, 0.15) is 17.5 Å². The Hall–Kier alpha value is -2.25. The number of hydrogen-bond donors (Lipinski definition) is 1. The highest BCUT2D eigenvalue weighted by atomic mass is 79.9. The average Bonchev–Trinajstić information content (AvgIpc) is 2.72. The van der Waals surface area contributed by atoms with E-state index in [9.17, 15) is 9.59 Å². The standard InChI is InChI=1S/C23H28BrClN2O4/c1-5-20(23(29)26-15(2)3)27(13-16-6-9-18(30-4)10-7-16)22(28)14-31-21-11-8-17(25)12-19(21)24/h6-12,15,20H,5,13-14H2,1-4H3,(H,26,29). The number of benzene rings is 2. The fraction of sp³-hybridized carbons (Fsp3) is 0.391. The molecule has 0 aliphatic heterocycles. The van der Waals surface area contributed by atoms with Crippen molar-refractivity contribution in [1.82, 2.24) is 10.2 Å². The van der Waals surface area contributed by atoms with Gasteiger partial charge >= 0.3 is 0 Å². The van der Waals surface area contributed by atoms with Gasteiger partial charge in [-0.05, 0) is 72.1 Å². The summed E-state index contributed by atoms with van der Waals surface area (Å²) >= 11 is 9.35. The zero-order valence-electron chi connectivity index (χ0n) is 18.2. The van der Waals surface area contributed by atoms with E-state index in [1.807, 2.05) is 45.0 Å². The fourth-order valence-electron chi connectivity index (χ4n) is 3.04. The third-order valence-electron chi connectivity index (χ3n) is 4.57. The normalized spacial score (nSPS) is 11.7. The van der Waals surface area contributed by atoms with Crippen molar-refractivity contribution in [2.24, 2.45) is 0 Å². The van der Waals surface area contributed by atoms with Gasteiger partial charge in [0.25, 0.3) is 5.91 Å². The van der Waals surface area contributed by atoms with Crippen molar-refractivity contribution in [3.63, 3.8) is 0 Å². The van der Waals surface area contributed by atoms with Crippen LogP contribution in [0.25, 0.3) is 0 Å². The Morgan fingerprint density at radius 3 is 2.39 bits per heavy atom. The summed E-state index contributed by atoms with van der Waals surface area (Å²) in [6.45, 7) is 5.73. The van der Waals surface area contributed by atoms with Crippen molar-refractivity contribution in [2.45, 2.75) is 45.8 Å². The lowest BCUT2D eigenvalue weighted by atomic mass is 10.1. The molecule has 0 heterocycles. The fourth-order valence-corrected chi connectivity index (χ4v) is 3.84. The second-order valence-corrected chi connectivity index (χ2v) is 8.61. The van der Waals surface area contributed by atoms with E-state index in [2.05, 4.69) is 21.2 Å². The maximum Gasteiger partial charge on any atom is 0.261 e. The van der Waals surface area contributed by atoms with Crippen LogP contribution >= 0.6 is 27.5 Å². The molecule has 1 N–H and O–H groups in total. The van der Waals surface area contributed by atoms with Crippen LogP contribution in [0.4, 0.5) is 0 Å². The summed E-state index contributed by atoms with van der Waals surface area (Å²) in [4.78, 5) is 27.5. The summed E-state index contributed by atoms with van der Waals surface area (Å²) in [6, 6.07) is 11.8. The van der Waals surface area contributed by atoms with Crippen molar-refractivity contribution >= 4 is 39.3 Å². The Kier molecular flexibility index (Phi) is 9.65. The Morgan fingerprint density at radius 2 is 1.84 bits per heavy atom. The van der Waals surface area contributed by atoms with Crippen molar-refractivity contribution in [1.29, 1.82) is 0 Å². The Balaban J connectivity index is 2.23. The van der Waals surface area contributed by atoms with Gasteiger partial charge in [0.2, 0.25) is 5.91 Å². The minimum atomic E-state index is -0.616. The molecule has 168 valence electrons. The van der Waals surface area contributed by atoms with E-state index in [0.29, 0.717) is 21.7 Å². The topological polar surface area (TPSA) is 67.9 Å². The first-order valence-corrected chi connectivity index (χ1v) is 11.2. The van der Waals surface area contributed by atoms with Crippen LogP contribution in [0.3, 0.4) is 0 Å². The number of methoxy groups -OCH3 is 1. The summed E-state index contributed by atoms with van der Waals surface area (Å²) in [5.41, 5.74) is 0.887. The van der Waals surface area contributed by atoms with Crippen LogP contribution in [0.2, 0.25) is 5.02 Å². The van der Waals surface area contributed by atoms with Crippen LogP contribution in [-0.4, -0.2) is 42.5 Å². The maximum atomic E-state index is 13.2. The highest BCUT2D eigenvalue weighted by molar-refractivity contribution is 9.10. The van der Waals surface area contributed by atoms with Gasteiger partial charge in [0.15, 0.2) is 6.61 Å². The van der Waals surface area contributed by atoms with Gasteiger partial charge in [-0.2, -0.15) is 0 Å². The van der Waals surface area contributed by atoms with Gasteiger partial charge < -0.3 is 19.7 Å². The molecule has 31 heavy (non-hydrogen) atoms. The number of nitrogens with one attached hydrogen (secondary N) is 1. The highest BCUT2D eigenvalue weighted by Crippen LogP contribution is 2.28.